The van der Waals surface area contributed by atoms with Crippen LogP contribution < -0.4 is 5.32 Å². The van der Waals surface area contributed by atoms with Crippen LogP contribution in [0.15, 0.2) is 42.5 Å². The lowest BCUT2D eigenvalue weighted by Crippen LogP contribution is -2.12. The molecule has 0 radical (unpaired) electrons. The fourth-order valence-corrected chi connectivity index (χ4v) is 1.79. The molecule has 2 aromatic carbocycles. The van der Waals surface area contributed by atoms with Gasteiger partial charge in [0.1, 0.15) is 16.9 Å². The van der Waals surface area contributed by atoms with Crippen LogP contribution in [0.2, 0.25) is 0 Å². The van der Waals surface area contributed by atoms with Crippen LogP contribution in [0.5, 0.6) is 0 Å². The number of fused-ring (bicyclic) bond motifs is 1. The SMILES string of the molecule is O=C(Nc1cccc2n[nH]nc12)c1cccc(F)c1. The number of benzene rings is 2. The number of anilines is 1. The fourth-order valence-electron chi connectivity index (χ4n) is 1.79. The van der Waals surface area contributed by atoms with E-state index in [4.69, 9.17) is 0 Å². The summed E-state index contributed by atoms with van der Waals surface area (Å²) in [6, 6.07) is 10.7. The zero-order valence-corrected chi connectivity index (χ0v) is 9.72. The lowest BCUT2D eigenvalue weighted by molar-refractivity contribution is 0.102. The minimum atomic E-state index is -0.452. The van der Waals surface area contributed by atoms with Gasteiger partial charge in [-0.3, -0.25) is 4.79 Å². The number of nitrogens with one attached hydrogen (secondary N) is 2. The Kier molecular flexibility index (Phi) is 2.68. The molecule has 0 atom stereocenters. The van der Waals surface area contributed by atoms with Crippen LogP contribution in [-0.4, -0.2) is 21.3 Å². The Bertz CT molecular complexity index is 753. The maximum Gasteiger partial charge on any atom is 0.255 e. The molecule has 0 aliphatic carbocycles. The fraction of sp³-hybridized carbons (Fsp3) is 0. The number of para-hydroxylation sites is 1. The quantitative estimate of drug-likeness (QED) is 0.739. The number of rotatable bonds is 2. The number of hydrogen-bond donors (Lipinski definition) is 2. The minimum Gasteiger partial charge on any atom is -0.320 e. The molecule has 0 fully saturated rings. The standard InChI is InChI=1S/C13H9FN4O/c14-9-4-1-3-8(7-9)13(19)15-10-5-2-6-11-12(10)17-18-16-11/h1-7H,(H,15,19)(H,16,17,18). The van der Waals surface area contributed by atoms with E-state index in [0.29, 0.717) is 16.7 Å². The predicted molar refractivity (Wildman–Crippen MR) is 68.2 cm³/mol. The van der Waals surface area contributed by atoms with Crippen molar-refractivity contribution in [2.24, 2.45) is 0 Å². The van der Waals surface area contributed by atoms with E-state index >= 15 is 0 Å². The van der Waals surface area contributed by atoms with Gasteiger partial charge in [0.2, 0.25) is 0 Å². The topological polar surface area (TPSA) is 70.7 Å². The summed E-state index contributed by atoms with van der Waals surface area (Å²) in [5.74, 6) is -0.845. The van der Waals surface area contributed by atoms with Gasteiger partial charge in [-0.1, -0.05) is 12.1 Å². The molecule has 19 heavy (non-hydrogen) atoms. The monoisotopic (exact) mass is 256 g/mol. The summed E-state index contributed by atoms with van der Waals surface area (Å²) in [6.45, 7) is 0. The van der Waals surface area contributed by atoms with E-state index in [2.05, 4.69) is 20.7 Å². The van der Waals surface area contributed by atoms with Gasteiger partial charge in [-0.2, -0.15) is 15.4 Å². The van der Waals surface area contributed by atoms with Crippen LogP contribution in [0.25, 0.3) is 11.0 Å². The van der Waals surface area contributed by atoms with Crippen LogP contribution in [0.4, 0.5) is 10.1 Å². The van der Waals surface area contributed by atoms with Gasteiger partial charge in [0.05, 0.1) is 5.69 Å². The molecule has 94 valence electrons. The number of aromatic amines is 1. The molecule has 0 unspecified atom stereocenters. The smallest absolute Gasteiger partial charge is 0.255 e. The molecule has 5 nitrogen and oxygen atoms in total. The van der Waals surface area contributed by atoms with Gasteiger partial charge < -0.3 is 5.32 Å². The third-order valence-electron chi connectivity index (χ3n) is 2.68. The van der Waals surface area contributed by atoms with Gasteiger partial charge in [0.25, 0.3) is 5.91 Å². The van der Waals surface area contributed by atoms with Gasteiger partial charge >= 0.3 is 0 Å². The van der Waals surface area contributed by atoms with Gasteiger partial charge in [-0.25, -0.2) is 4.39 Å². The van der Waals surface area contributed by atoms with Crippen LogP contribution in [0, 0.1) is 5.82 Å². The molecule has 0 saturated heterocycles. The number of aromatic nitrogens is 3. The normalized spacial score (nSPS) is 10.6. The second kappa shape index (κ2) is 4.49. The summed E-state index contributed by atoms with van der Waals surface area (Å²) < 4.78 is 13.1. The maximum absolute atomic E-state index is 13.1. The van der Waals surface area contributed by atoms with Crippen molar-refractivity contribution in [1.29, 1.82) is 0 Å². The van der Waals surface area contributed by atoms with Crippen LogP contribution in [0.3, 0.4) is 0 Å². The number of nitrogens with zero attached hydrogens (tertiary/aromatic N) is 2. The Hall–Kier alpha value is -2.76. The van der Waals surface area contributed by atoms with Crippen molar-refractivity contribution in [2.75, 3.05) is 5.32 Å². The molecule has 0 saturated carbocycles. The van der Waals surface area contributed by atoms with E-state index in [0.717, 1.165) is 0 Å². The van der Waals surface area contributed by atoms with E-state index in [9.17, 15) is 9.18 Å². The zero-order valence-electron chi connectivity index (χ0n) is 9.72. The Morgan fingerprint density at radius 1 is 1.16 bits per heavy atom. The number of amides is 1. The summed E-state index contributed by atoms with van der Waals surface area (Å²) in [5, 5.41) is 13.1. The average Bonchev–Trinajstić information content (AvgIpc) is 2.88. The first-order chi connectivity index (χ1) is 9.24. The van der Waals surface area contributed by atoms with Gasteiger partial charge in [-0.05, 0) is 30.3 Å². The molecule has 1 amide bonds. The Morgan fingerprint density at radius 3 is 2.84 bits per heavy atom. The second-order valence-corrected chi connectivity index (χ2v) is 3.96. The van der Waals surface area contributed by atoms with Gasteiger partial charge in [0, 0.05) is 5.56 Å². The largest absolute Gasteiger partial charge is 0.320 e. The van der Waals surface area contributed by atoms with Gasteiger partial charge in [-0.15, -0.1) is 0 Å². The van der Waals surface area contributed by atoms with Crippen molar-refractivity contribution in [3.05, 3.63) is 53.8 Å². The number of carbonyl (C=O) groups is 1. The van der Waals surface area contributed by atoms with E-state index in [1.165, 1.54) is 18.2 Å². The number of halogens is 1. The third-order valence-corrected chi connectivity index (χ3v) is 2.68. The zero-order chi connectivity index (χ0) is 13.2. The molecule has 1 aromatic heterocycles. The first kappa shape index (κ1) is 11.3. The molecule has 0 aliphatic heterocycles. The van der Waals surface area contributed by atoms with Crippen LogP contribution >= 0.6 is 0 Å². The Balaban J connectivity index is 1.93. The Morgan fingerprint density at radius 2 is 2.00 bits per heavy atom. The van der Waals surface area contributed by atoms with E-state index < -0.39 is 11.7 Å². The molecule has 1 heterocycles. The highest BCUT2D eigenvalue weighted by Crippen LogP contribution is 2.19. The van der Waals surface area contributed by atoms with Crippen molar-refractivity contribution < 1.29 is 9.18 Å². The van der Waals surface area contributed by atoms with Crippen molar-refractivity contribution >= 4 is 22.6 Å². The molecule has 0 aliphatic rings. The van der Waals surface area contributed by atoms with Crippen LogP contribution in [0.1, 0.15) is 10.4 Å². The van der Waals surface area contributed by atoms with Crippen molar-refractivity contribution in [3.8, 4) is 0 Å². The highest BCUT2D eigenvalue weighted by atomic mass is 19.1. The summed E-state index contributed by atoms with van der Waals surface area (Å²) in [6.07, 6.45) is 0. The van der Waals surface area contributed by atoms with Crippen molar-refractivity contribution in [1.82, 2.24) is 15.4 Å². The highest BCUT2D eigenvalue weighted by molar-refractivity contribution is 6.07. The lowest BCUT2D eigenvalue weighted by atomic mass is 10.2. The summed E-state index contributed by atoms with van der Waals surface area (Å²) in [7, 11) is 0. The molecular weight excluding hydrogens is 247 g/mol. The van der Waals surface area contributed by atoms with E-state index in [-0.39, 0.29) is 5.56 Å². The van der Waals surface area contributed by atoms with Crippen LogP contribution in [-0.2, 0) is 0 Å². The summed E-state index contributed by atoms with van der Waals surface area (Å²) in [5.41, 5.74) is 1.99. The van der Waals surface area contributed by atoms with Crippen molar-refractivity contribution in [3.63, 3.8) is 0 Å². The second-order valence-electron chi connectivity index (χ2n) is 3.96. The number of carbonyl (C=O) groups excluding carboxylic acids is 1. The molecule has 6 heteroatoms. The molecule has 3 aromatic rings. The molecule has 0 spiro atoms. The van der Waals surface area contributed by atoms with E-state index in [1.54, 1.807) is 24.3 Å². The first-order valence-electron chi connectivity index (χ1n) is 5.60. The third kappa shape index (κ3) is 2.15. The molecule has 3 rings (SSSR count). The summed E-state index contributed by atoms with van der Waals surface area (Å²) in [4.78, 5) is 12.0. The minimum absolute atomic E-state index is 0.250. The lowest BCUT2D eigenvalue weighted by Gasteiger charge is -2.05. The molecule has 0 bridgehead atoms. The maximum atomic E-state index is 13.1. The molecular formula is C13H9FN4O. The average molecular weight is 256 g/mol. The predicted octanol–water partition coefficient (Wildman–Crippen LogP) is 2.35. The number of H-pyrrole nitrogens is 1. The van der Waals surface area contributed by atoms with Gasteiger partial charge in [0.15, 0.2) is 0 Å². The van der Waals surface area contributed by atoms with Crippen molar-refractivity contribution in [2.45, 2.75) is 0 Å². The summed E-state index contributed by atoms with van der Waals surface area (Å²) >= 11 is 0. The molecule has 2 N–H and O–H groups in total. The first-order valence-corrected chi connectivity index (χ1v) is 5.60. The van der Waals surface area contributed by atoms with E-state index in [1.807, 2.05) is 0 Å². The Labute approximate surface area is 107 Å². The number of hydrogen-bond acceptors (Lipinski definition) is 3. The highest BCUT2D eigenvalue weighted by Gasteiger charge is 2.10.